The predicted molar refractivity (Wildman–Crippen MR) is 83.6 cm³/mol. The molecular formula is C14H10ClN5O3. The summed E-state index contributed by atoms with van der Waals surface area (Å²) in [5.41, 5.74) is 0.876. The van der Waals surface area contributed by atoms with E-state index < -0.39 is 4.92 Å². The Morgan fingerprint density at radius 1 is 1.35 bits per heavy atom. The third-order valence-electron chi connectivity index (χ3n) is 3.09. The molecule has 2 heterocycles. The van der Waals surface area contributed by atoms with Crippen LogP contribution < -0.4 is 0 Å². The lowest BCUT2D eigenvalue weighted by molar-refractivity contribution is -0.384. The molecule has 2 aromatic heterocycles. The topological polar surface area (TPSA) is 99.3 Å². The monoisotopic (exact) mass is 331 g/mol. The molecule has 0 saturated heterocycles. The van der Waals surface area contributed by atoms with Crippen molar-refractivity contribution in [2.24, 2.45) is 5.10 Å². The van der Waals surface area contributed by atoms with Crippen LogP contribution in [0.1, 0.15) is 11.3 Å². The van der Waals surface area contributed by atoms with Gasteiger partial charge in [-0.05, 0) is 30.7 Å². The Morgan fingerprint density at radius 2 is 2.09 bits per heavy atom. The number of benzene rings is 1. The van der Waals surface area contributed by atoms with Gasteiger partial charge in [0.1, 0.15) is 24.2 Å². The molecule has 0 bridgehead atoms. The van der Waals surface area contributed by atoms with E-state index in [0.717, 1.165) is 0 Å². The van der Waals surface area contributed by atoms with Crippen molar-refractivity contribution in [3.8, 4) is 11.3 Å². The Balaban J connectivity index is 1.97. The van der Waals surface area contributed by atoms with Gasteiger partial charge in [0.15, 0.2) is 0 Å². The zero-order valence-electron chi connectivity index (χ0n) is 11.9. The molecule has 9 heteroatoms. The molecule has 0 fully saturated rings. The van der Waals surface area contributed by atoms with E-state index in [4.69, 9.17) is 16.0 Å². The van der Waals surface area contributed by atoms with Crippen molar-refractivity contribution in [2.45, 2.75) is 6.92 Å². The van der Waals surface area contributed by atoms with Gasteiger partial charge in [0.2, 0.25) is 0 Å². The van der Waals surface area contributed by atoms with Gasteiger partial charge in [-0.3, -0.25) is 10.1 Å². The highest BCUT2D eigenvalue weighted by Crippen LogP contribution is 2.35. The smallest absolute Gasteiger partial charge is 0.280 e. The van der Waals surface area contributed by atoms with Crippen LogP contribution in [-0.2, 0) is 0 Å². The van der Waals surface area contributed by atoms with E-state index in [1.807, 2.05) is 0 Å². The highest BCUT2D eigenvalue weighted by molar-refractivity contribution is 6.31. The fourth-order valence-corrected chi connectivity index (χ4v) is 2.12. The number of halogens is 1. The van der Waals surface area contributed by atoms with E-state index in [1.165, 1.54) is 35.7 Å². The summed E-state index contributed by atoms with van der Waals surface area (Å²) in [5.74, 6) is 0.767. The molecule has 0 saturated carbocycles. The van der Waals surface area contributed by atoms with Crippen LogP contribution in [0.25, 0.3) is 11.3 Å². The van der Waals surface area contributed by atoms with Crippen LogP contribution in [0.3, 0.4) is 0 Å². The second kappa shape index (κ2) is 6.01. The fraction of sp³-hybridized carbons (Fsp3) is 0.0714. The van der Waals surface area contributed by atoms with Crippen molar-refractivity contribution < 1.29 is 9.34 Å². The van der Waals surface area contributed by atoms with E-state index in [1.54, 1.807) is 19.1 Å². The highest BCUT2D eigenvalue weighted by Gasteiger charge is 2.20. The quantitative estimate of drug-likeness (QED) is 0.415. The summed E-state index contributed by atoms with van der Waals surface area (Å²) in [6.45, 7) is 1.71. The van der Waals surface area contributed by atoms with Crippen LogP contribution >= 0.6 is 11.6 Å². The van der Waals surface area contributed by atoms with E-state index >= 15 is 0 Å². The third-order valence-corrected chi connectivity index (χ3v) is 3.50. The molecule has 0 radical (unpaired) electrons. The number of rotatable bonds is 4. The molecule has 116 valence electrons. The summed E-state index contributed by atoms with van der Waals surface area (Å²) in [5, 5.41) is 22.9. The van der Waals surface area contributed by atoms with Crippen LogP contribution in [0.2, 0.25) is 5.02 Å². The molecule has 8 nitrogen and oxygen atoms in total. The number of nitro benzene ring substituents is 1. The normalized spacial score (nSPS) is 11.2. The maximum atomic E-state index is 11.2. The molecule has 3 rings (SSSR count). The summed E-state index contributed by atoms with van der Waals surface area (Å²) < 4.78 is 6.98. The molecule has 0 N–H and O–H groups in total. The highest BCUT2D eigenvalue weighted by atomic mass is 35.5. The molecule has 1 aromatic carbocycles. The molecule has 0 aliphatic rings. The summed E-state index contributed by atoms with van der Waals surface area (Å²) in [6, 6.07) is 6.22. The van der Waals surface area contributed by atoms with Crippen LogP contribution in [-0.4, -0.2) is 26.0 Å². The third kappa shape index (κ3) is 3.11. The first-order valence-corrected chi connectivity index (χ1v) is 6.86. The van der Waals surface area contributed by atoms with E-state index in [2.05, 4.69) is 15.3 Å². The van der Waals surface area contributed by atoms with Crippen molar-refractivity contribution in [3.05, 3.63) is 63.4 Å². The maximum Gasteiger partial charge on any atom is 0.280 e. The fourth-order valence-electron chi connectivity index (χ4n) is 1.96. The molecule has 0 aliphatic heterocycles. The summed E-state index contributed by atoms with van der Waals surface area (Å²) in [4.78, 5) is 10.8. The van der Waals surface area contributed by atoms with Crippen LogP contribution in [0.15, 0.2) is 46.4 Å². The minimum Gasteiger partial charge on any atom is -0.455 e. The van der Waals surface area contributed by atoms with Gasteiger partial charge in [-0.25, -0.2) is 4.68 Å². The Kier molecular flexibility index (Phi) is 3.90. The van der Waals surface area contributed by atoms with Crippen molar-refractivity contribution >= 4 is 23.5 Å². The van der Waals surface area contributed by atoms with E-state index in [0.29, 0.717) is 27.7 Å². The van der Waals surface area contributed by atoms with Crippen LogP contribution in [0.5, 0.6) is 0 Å². The number of aromatic nitrogens is 3. The Labute approximate surface area is 135 Å². The molecule has 0 unspecified atom stereocenters. The molecule has 0 aliphatic carbocycles. The molecular weight excluding hydrogens is 322 g/mol. The lowest BCUT2D eigenvalue weighted by atomic mass is 10.1. The number of furan rings is 1. The molecule has 0 spiro atoms. The number of hydrogen-bond acceptors (Lipinski definition) is 6. The number of nitrogens with zero attached hydrogens (tertiary/aromatic N) is 5. The molecule has 3 aromatic rings. The molecule has 23 heavy (non-hydrogen) atoms. The van der Waals surface area contributed by atoms with Gasteiger partial charge in [0, 0.05) is 11.1 Å². The van der Waals surface area contributed by atoms with Crippen LogP contribution in [0, 0.1) is 17.0 Å². The Hall–Kier alpha value is -3.00. The zero-order valence-corrected chi connectivity index (χ0v) is 12.6. The first-order valence-electron chi connectivity index (χ1n) is 6.48. The summed E-state index contributed by atoms with van der Waals surface area (Å²) in [6.07, 6.45) is 4.30. The van der Waals surface area contributed by atoms with Crippen molar-refractivity contribution in [3.63, 3.8) is 0 Å². The van der Waals surface area contributed by atoms with Gasteiger partial charge in [0.05, 0.1) is 16.7 Å². The number of aryl methyl sites for hydroxylation is 1. The minimum atomic E-state index is -0.466. The van der Waals surface area contributed by atoms with Crippen molar-refractivity contribution in [1.82, 2.24) is 14.9 Å². The lowest BCUT2D eigenvalue weighted by Gasteiger charge is -2.03. The minimum absolute atomic E-state index is 0.0662. The lowest BCUT2D eigenvalue weighted by Crippen LogP contribution is -1.93. The summed E-state index contributed by atoms with van der Waals surface area (Å²) in [7, 11) is 0. The van der Waals surface area contributed by atoms with Gasteiger partial charge in [0.25, 0.3) is 5.69 Å². The average Bonchev–Trinajstić information content (AvgIpc) is 3.18. The SMILES string of the molecule is Cc1cc([N+](=O)[O-])c(-c2ccc(/C=N/n3cnnc3)o2)cc1Cl. The van der Waals surface area contributed by atoms with Crippen LogP contribution in [0.4, 0.5) is 5.69 Å². The van der Waals surface area contributed by atoms with Crippen molar-refractivity contribution in [2.75, 3.05) is 0 Å². The van der Waals surface area contributed by atoms with Gasteiger partial charge >= 0.3 is 0 Å². The molecule has 0 atom stereocenters. The van der Waals surface area contributed by atoms with Crippen molar-refractivity contribution in [1.29, 1.82) is 0 Å². The first-order chi connectivity index (χ1) is 11.0. The maximum absolute atomic E-state index is 11.2. The van der Waals surface area contributed by atoms with Gasteiger partial charge < -0.3 is 4.42 Å². The van der Waals surface area contributed by atoms with Gasteiger partial charge in [-0.2, -0.15) is 5.10 Å². The van der Waals surface area contributed by atoms with Gasteiger partial charge in [-0.15, -0.1) is 10.2 Å². The summed E-state index contributed by atoms with van der Waals surface area (Å²) >= 11 is 6.07. The second-order valence-electron chi connectivity index (χ2n) is 4.66. The van der Waals surface area contributed by atoms with E-state index in [-0.39, 0.29) is 5.69 Å². The predicted octanol–water partition coefficient (Wildman–Crippen LogP) is 3.29. The average molecular weight is 332 g/mol. The number of nitro groups is 1. The number of hydrogen-bond donors (Lipinski definition) is 0. The Morgan fingerprint density at radius 3 is 2.78 bits per heavy atom. The van der Waals surface area contributed by atoms with Gasteiger partial charge in [-0.1, -0.05) is 11.6 Å². The Bertz CT molecular complexity index is 886. The first kappa shape index (κ1) is 14.9. The second-order valence-corrected chi connectivity index (χ2v) is 5.07. The molecule has 0 amide bonds. The van der Waals surface area contributed by atoms with E-state index in [9.17, 15) is 10.1 Å². The largest absolute Gasteiger partial charge is 0.455 e. The zero-order chi connectivity index (χ0) is 16.4. The standard InChI is InChI=1S/C14H10ClN5O3/c1-9-4-13(20(21)22)11(5-12(9)15)14-3-2-10(23-14)6-18-19-7-16-17-8-19/h2-8H,1H3/b18-6+.